The van der Waals surface area contributed by atoms with Gasteiger partial charge in [0.15, 0.2) is 0 Å². The lowest BCUT2D eigenvalue weighted by Crippen LogP contribution is -3.08. The largest absolute Gasteiger partial charge is 0.545 e. The Kier molecular flexibility index (Phi) is 4.27. The number of aliphatic hydroxyl groups excluding tert-OH is 1. The monoisotopic (exact) mass is 209 g/mol. The van der Waals surface area contributed by atoms with Crippen molar-refractivity contribution in [1.82, 2.24) is 0 Å². The van der Waals surface area contributed by atoms with Gasteiger partial charge in [0.2, 0.25) is 0 Å². The van der Waals surface area contributed by atoms with Crippen molar-refractivity contribution in [3.8, 4) is 0 Å². The van der Waals surface area contributed by atoms with Gasteiger partial charge in [0, 0.05) is 5.56 Å². The van der Waals surface area contributed by atoms with Gasteiger partial charge < -0.3 is 19.9 Å². The van der Waals surface area contributed by atoms with Gasteiger partial charge in [-0.05, 0) is 11.6 Å². The van der Waals surface area contributed by atoms with Crippen LogP contribution in [0.5, 0.6) is 0 Å². The van der Waals surface area contributed by atoms with E-state index in [4.69, 9.17) is 5.11 Å². The molecule has 1 aromatic rings. The molecule has 0 aliphatic heterocycles. The van der Waals surface area contributed by atoms with Crippen molar-refractivity contribution in [2.75, 3.05) is 20.2 Å². The summed E-state index contributed by atoms with van der Waals surface area (Å²) in [5.74, 6) is -1.16. The lowest BCUT2D eigenvalue weighted by Gasteiger charge is -2.13. The van der Waals surface area contributed by atoms with Gasteiger partial charge in [-0.2, -0.15) is 0 Å². The van der Waals surface area contributed by atoms with Crippen LogP contribution in [0.2, 0.25) is 0 Å². The molecule has 0 aliphatic carbocycles. The number of carbonyl (C=O) groups excluding carboxylic acids is 1. The third kappa shape index (κ3) is 3.69. The maximum atomic E-state index is 10.6. The Morgan fingerprint density at radius 2 is 2.27 bits per heavy atom. The minimum atomic E-state index is -1.16. The van der Waals surface area contributed by atoms with Crippen LogP contribution < -0.4 is 10.0 Å². The quantitative estimate of drug-likeness (QED) is 0.593. The molecule has 0 heterocycles. The first-order valence-electron chi connectivity index (χ1n) is 4.86. The molecule has 4 heteroatoms. The summed E-state index contributed by atoms with van der Waals surface area (Å²) in [7, 11) is 1.95. The Balaban J connectivity index is 2.69. The highest BCUT2D eigenvalue weighted by Gasteiger charge is 2.03. The average Bonchev–Trinajstić information content (AvgIpc) is 2.18. The van der Waals surface area contributed by atoms with Crippen LogP contribution in [0.3, 0.4) is 0 Å². The summed E-state index contributed by atoms with van der Waals surface area (Å²) in [6, 6.07) is 6.69. The van der Waals surface area contributed by atoms with E-state index in [1.165, 1.54) is 6.07 Å². The van der Waals surface area contributed by atoms with E-state index < -0.39 is 5.97 Å². The molecule has 0 aromatic heterocycles. The molecule has 0 fully saturated rings. The van der Waals surface area contributed by atoms with Crippen molar-refractivity contribution < 1.29 is 19.9 Å². The molecule has 1 atom stereocenters. The van der Waals surface area contributed by atoms with Crippen LogP contribution in [-0.4, -0.2) is 31.3 Å². The molecular formula is C11H15NO3. The SMILES string of the molecule is C[NH+](CCO)Cc1cccc(C(=O)[O-])c1. The van der Waals surface area contributed by atoms with E-state index in [9.17, 15) is 9.90 Å². The molecule has 1 unspecified atom stereocenters. The summed E-state index contributed by atoms with van der Waals surface area (Å²) in [5, 5.41) is 19.3. The van der Waals surface area contributed by atoms with Gasteiger partial charge in [0.1, 0.15) is 13.1 Å². The van der Waals surface area contributed by atoms with E-state index in [1.54, 1.807) is 12.1 Å². The molecule has 1 aromatic carbocycles. The van der Waals surface area contributed by atoms with Gasteiger partial charge >= 0.3 is 0 Å². The van der Waals surface area contributed by atoms with Crippen LogP contribution in [0.4, 0.5) is 0 Å². The Morgan fingerprint density at radius 1 is 1.53 bits per heavy atom. The number of rotatable bonds is 5. The third-order valence-corrected chi connectivity index (χ3v) is 2.21. The molecule has 0 aliphatic rings. The lowest BCUT2D eigenvalue weighted by atomic mass is 10.1. The Bertz CT molecular complexity index is 338. The Labute approximate surface area is 88.8 Å². The van der Waals surface area contributed by atoms with Gasteiger partial charge in [-0.15, -0.1) is 0 Å². The van der Waals surface area contributed by atoms with Crippen molar-refractivity contribution >= 4 is 5.97 Å². The fraction of sp³-hybridized carbons (Fsp3) is 0.364. The number of carboxylic acids is 1. The van der Waals surface area contributed by atoms with Gasteiger partial charge in [-0.1, -0.05) is 18.2 Å². The number of carbonyl (C=O) groups is 1. The van der Waals surface area contributed by atoms with Gasteiger partial charge in [-0.3, -0.25) is 0 Å². The zero-order valence-corrected chi connectivity index (χ0v) is 8.69. The summed E-state index contributed by atoms with van der Waals surface area (Å²) in [5.41, 5.74) is 1.13. The third-order valence-electron chi connectivity index (χ3n) is 2.21. The van der Waals surface area contributed by atoms with Gasteiger partial charge in [0.05, 0.1) is 19.6 Å². The zero-order valence-electron chi connectivity index (χ0n) is 8.69. The number of aliphatic hydroxyl groups is 1. The molecule has 0 spiro atoms. The molecular weight excluding hydrogens is 194 g/mol. The van der Waals surface area contributed by atoms with Crippen molar-refractivity contribution in [2.24, 2.45) is 0 Å². The number of aromatic carboxylic acids is 1. The van der Waals surface area contributed by atoms with Crippen molar-refractivity contribution in [3.63, 3.8) is 0 Å². The molecule has 82 valence electrons. The Hall–Kier alpha value is -1.39. The van der Waals surface area contributed by atoms with E-state index in [1.807, 2.05) is 13.1 Å². The molecule has 2 N–H and O–H groups in total. The minimum absolute atomic E-state index is 0.131. The van der Waals surface area contributed by atoms with Crippen LogP contribution in [0.1, 0.15) is 15.9 Å². The van der Waals surface area contributed by atoms with Crippen LogP contribution >= 0.6 is 0 Å². The second-order valence-corrected chi connectivity index (χ2v) is 3.60. The number of likely N-dealkylation sites (N-methyl/N-ethyl adjacent to an activating group) is 1. The van der Waals surface area contributed by atoms with E-state index >= 15 is 0 Å². The number of carboxylic acid groups (broad SMARTS) is 1. The molecule has 0 radical (unpaired) electrons. The number of benzene rings is 1. The second kappa shape index (κ2) is 5.48. The summed E-state index contributed by atoms with van der Waals surface area (Å²) in [6.45, 7) is 1.48. The fourth-order valence-electron chi connectivity index (χ4n) is 1.44. The van der Waals surface area contributed by atoms with Crippen LogP contribution in [-0.2, 0) is 6.54 Å². The van der Waals surface area contributed by atoms with E-state index in [0.717, 1.165) is 10.5 Å². The molecule has 0 bridgehead atoms. The van der Waals surface area contributed by atoms with Crippen LogP contribution in [0.25, 0.3) is 0 Å². The summed E-state index contributed by atoms with van der Waals surface area (Å²) in [6.07, 6.45) is 0. The van der Waals surface area contributed by atoms with Crippen molar-refractivity contribution in [3.05, 3.63) is 35.4 Å². The topological polar surface area (TPSA) is 64.8 Å². The zero-order chi connectivity index (χ0) is 11.3. The van der Waals surface area contributed by atoms with Gasteiger partial charge in [0.25, 0.3) is 0 Å². The first kappa shape index (κ1) is 11.7. The summed E-state index contributed by atoms with van der Waals surface area (Å²) < 4.78 is 0. The van der Waals surface area contributed by atoms with Crippen LogP contribution in [0.15, 0.2) is 24.3 Å². The summed E-state index contributed by atoms with van der Waals surface area (Å²) in [4.78, 5) is 11.7. The molecule has 15 heavy (non-hydrogen) atoms. The van der Waals surface area contributed by atoms with Crippen molar-refractivity contribution in [1.29, 1.82) is 0 Å². The Morgan fingerprint density at radius 3 is 2.87 bits per heavy atom. The molecule has 4 nitrogen and oxygen atoms in total. The predicted molar refractivity (Wildman–Crippen MR) is 53.3 cm³/mol. The first-order valence-corrected chi connectivity index (χ1v) is 4.86. The normalized spacial score (nSPS) is 12.4. The number of hydrogen-bond donors (Lipinski definition) is 2. The second-order valence-electron chi connectivity index (χ2n) is 3.60. The molecule has 0 amide bonds. The highest BCUT2D eigenvalue weighted by Crippen LogP contribution is 2.02. The minimum Gasteiger partial charge on any atom is -0.545 e. The predicted octanol–water partition coefficient (Wildman–Crippen LogP) is -1.94. The lowest BCUT2D eigenvalue weighted by molar-refractivity contribution is -0.894. The van der Waals surface area contributed by atoms with E-state index in [0.29, 0.717) is 13.1 Å². The highest BCUT2D eigenvalue weighted by atomic mass is 16.4. The first-order chi connectivity index (χ1) is 7.13. The van der Waals surface area contributed by atoms with Crippen LogP contribution in [0, 0.1) is 0 Å². The van der Waals surface area contributed by atoms with Crippen molar-refractivity contribution in [2.45, 2.75) is 6.54 Å². The maximum absolute atomic E-state index is 10.6. The highest BCUT2D eigenvalue weighted by molar-refractivity contribution is 5.85. The number of hydrogen-bond acceptors (Lipinski definition) is 3. The standard InChI is InChI=1S/C11H15NO3/c1-12(5-6-13)8-9-3-2-4-10(7-9)11(14)15/h2-4,7,13H,5-6,8H2,1H3,(H,14,15). The molecule has 0 saturated heterocycles. The van der Waals surface area contributed by atoms with Gasteiger partial charge in [-0.25, -0.2) is 0 Å². The number of nitrogens with one attached hydrogen (secondary N) is 1. The number of quaternary nitrogens is 1. The maximum Gasteiger partial charge on any atom is 0.103 e. The smallest absolute Gasteiger partial charge is 0.103 e. The van der Waals surface area contributed by atoms with E-state index in [-0.39, 0.29) is 12.2 Å². The molecule has 1 rings (SSSR count). The summed E-state index contributed by atoms with van der Waals surface area (Å²) >= 11 is 0. The fourth-order valence-corrected chi connectivity index (χ4v) is 1.44. The van der Waals surface area contributed by atoms with E-state index in [2.05, 4.69) is 0 Å². The molecule has 0 saturated carbocycles. The average molecular weight is 209 g/mol.